The summed E-state index contributed by atoms with van der Waals surface area (Å²) in [5.74, 6) is -0.231. The Morgan fingerprint density at radius 1 is 1.54 bits per heavy atom. The highest BCUT2D eigenvalue weighted by molar-refractivity contribution is 5.48. The van der Waals surface area contributed by atoms with Crippen LogP contribution in [0.1, 0.15) is 24.1 Å². The third-order valence-electron chi connectivity index (χ3n) is 2.60. The fourth-order valence-corrected chi connectivity index (χ4v) is 1.84. The first-order valence-corrected chi connectivity index (χ1v) is 4.50. The van der Waals surface area contributed by atoms with Crippen molar-refractivity contribution in [2.24, 2.45) is 0 Å². The summed E-state index contributed by atoms with van der Waals surface area (Å²) >= 11 is 0. The van der Waals surface area contributed by atoms with Gasteiger partial charge in [0.25, 0.3) is 0 Å². The molecule has 0 fully saturated rings. The number of nitrogen functional groups attached to an aromatic ring is 1. The molecule has 3 heteroatoms. The lowest BCUT2D eigenvalue weighted by Gasteiger charge is -2.24. The van der Waals surface area contributed by atoms with Crippen molar-refractivity contribution in [1.29, 1.82) is 0 Å². The van der Waals surface area contributed by atoms with E-state index in [1.807, 2.05) is 13.0 Å². The maximum atomic E-state index is 13.5. The molecule has 1 aromatic rings. The van der Waals surface area contributed by atoms with Gasteiger partial charge >= 0.3 is 0 Å². The Balaban J connectivity index is 2.56. The van der Waals surface area contributed by atoms with E-state index in [2.05, 4.69) is 5.32 Å². The lowest BCUT2D eigenvalue weighted by molar-refractivity contribution is 0.515. The largest absolute Gasteiger partial charge is 0.396 e. The van der Waals surface area contributed by atoms with E-state index in [1.165, 1.54) is 0 Å². The van der Waals surface area contributed by atoms with E-state index in [4.69, 9.17) is 5.73 Å². The molecule has 3 N–H and O–H groups in total. The highest BCUT2D eigenvalue weighted by Gasteiger charge is 2.19. The molecule has 0 radical (unpaired) electrons. The van der Waals surface area contributed by atoms with E-state index >= 15 is 0 Å². The SMILES string of the molecule is CC1NCCc2c1ccc(N)c2F. The minimum absolute atomic E-state index is 0.231. The Labute approximate surface area is 76.9 Å². The molecule has 70 valence electrons. The molecule has 0 saturated heterocycles. The van der Waals surface area contributed by atoms with Gasteiger partial charge in [-0.2, -0.15) is 0 Å². The molecule has 0 saturated carbocycles. The van der Waals surface area contributed by atoms with Gasteiger partial charge < -0.3 is 11.1 Å². The highest BCUT2D eigenvalue weighted by Crippen LogP contribution is 2.27. The molecule has 1 heterocycles. The summed E-state index contributed by atoms with van der Waals surface area (Å²) in [6, 6.07) is 3.78. The van der Waals surface area contributed by atoms with Crippen molar-refractivity contribution in [2.45, 2.75) is 19.4 Å². The first-order valence-electron chi connectivity index (χ1n) is 4.50. The molecule has 0 aromatic heterocycles. The Kier molecular flexibility index (Phi) is 1.96. The fraction of sp³-hybridized carbons (Fsp3) is 0.400. The van der Waals surface area contributed by atoms with E-state index in [9.17, 15) is 4.39 Å². The van der Waals surface area contributed by atoms with Gasteiger partial charge in [-0.15, -0.1) is 0 Å². The van der Waals surface area contributed by atoms with E-state index in [0.717, 1.165) is 24.1 Å². The first kappa shape index (κ1) is 8.51. The van der Waals surface area contributed by atoms with Gasteiger partial charge in [-0.3, -0.25) is 0 Å². The molecule has 0 amide bonds. The van der Waals surface area contributed by atoms with Crippen molar-refractivity contribution in [3.05, 3.63) is 29.1 Å². The monoisotopic (exact) mass is 180 g/mol. The molecule has 0 bridgehead atoms. The minimum Gasteiger partial charge on any atom is -0.396 e. The fourth-order valence-electron chi connectivity index (χ4n) is 1.84. The molecular weight excluding hydrogens is 167 g/mol. The van der Waals surface area contributed by atoms with Crippen LogP contribution in [0.4, 0.5) is 10.1 Å². The number of benzene rings is 1. The number of nitrogens with two attached hydrogens (primary N) is 1. The third-order valence-corrected chi connectivity index (χ3v) is 2.60. The molecule has 0 spiro atoms. The molecule has 1 aliphatic heterocycles. The first-order chi connectivity index (χ1) is 6.20. The third kappa shape index (κ3) is 1.29. The Bertz CT molecular complexity index is 336. The lowest BCUT2D eigenvalue weighted by Crippen LogP contribution is -2.28. The van der Waals surface area contributed by atoms with Gasteiger partial charge in [0.15, 0.2) is 0 Å². The zero-order valence-corrected chi connectivity index (χ0v) is 7.60. The van der Waals surface area contributed by atoms with Crippen molar-refractivity contribution < 1.29 is 4.39 Å². The number of fused-ring (bicyclic) bond motifs is 1. The normalized spacial score (nSPS) is 21.2. The summed E-state index contributed by atoms with van der Waals surface area (Å²) in [7, 11) is 0. The number of hydrogen-bond donors (Lipinski definition) is 2. The maximum absolute atomic E-state index is 13.5. The summed E-state index contributed by atoms with van der Waals surface area (Å²) in [5.41, 5.74) is 7.57. The van der Waals surface area contributed by atoms with E-state index in [1.54, 1.807) is 6.07 Å². The number of rotatable bonds is 0. The zero-order valence-electron chi connectivity index (χ0n) is 7.60. The van der Waals surface area contributed by atoms with Crippen molar-refractivity contribution in [2.75, 3.05) is 12.3 Å². The molecular formula is C10H13FN2. The van der Waals surface area contributed by atoms with Crippen LogP contribution < -0.4 is 11.1 Å². The predicted molar refractivity (Wildman–Crippen MR) is 50.9 cm³/mol. The molecule has 13 heavy (non-hydrogen) atoms. The molecule has 2 nitrogen and oxygen atoms in total. The Morgan fingerprint density at radius 3 is 3.08 bits per heavy atom. The van der Waals surface area contributed by atoms with Gasteiger partial charge in [0.05, 0.1) is 5.69 Å². The number of nitrogens with one attached hydrogen (secondary N) is 1. The van der Waals surface area contributed by atoms with Gasteiger partial charge in [0, 0.05) is 6.04 Å². The average molecular weight is 180 g/mol. The van der Waals surface area contributed by atoms with Gasteiger partial charge in [0.2, 0.25) is 0 Å². The van der Waals surface area contributed by atoms with Crippen molar-refractivity contribution >= 4 is 5.69 Å². The number of halogens is 1. The topological polar surface area (TPSA) is 38.0 Å². The summed E-state index contributed by atoms with van der Waals surface area (Å²) in [6.07, 6.45) is 0.733. The van der Waals surface area contributed by atoms with Crippen molar-refractivity contribution in [1.82, 2.24) is 5.32 Å². The highest BCUT2D eigenvalue weighted by atomic mass is 19.1. The van der Waals surface area contributed by atoms with Crippen LogP contribution in [0.2, 0.25) is 0 Å². The van der Waals surface area contributed by atoms with E-state index in [0.29, 0.717) is 0 Å². The maximum Gasteiger partial charge on any atom is 0.149 e. The summed E-state index contributed by atoms with van der Waals surface area (Å²) < 4.78 is 13.5. The molecule has 1 aliphatic rings. The minimum atomic E-state index is -0.231. The van der Waals surface area contributed by atoms with Crippen LogP contribution >= 0.6 is 0 Å². The Hall–Kier alpha value is -1.09. The van der Waals surface area contributed by atoms with Gasteiger partial charge in [-0.25, -0.2) is 4.39 Å². The van der Waals surface area contributed by atoms with Gasteiger partial charge in [-0.05, 0) is 37.1 Å². The molecule has 1 aromatic carbocycles. The van der Waals surface area contributed by atoms with Crippen molar-refractivity contribution in [3.63, 3.8) is 0 Å². The second kappa shape index (κ2) is 3.00. The van der Waals surface area contributed by atoms with E-state index < -0.39 is 0 Å². The average Bonchev–Trinajstić information content (AvgIpc) is 2.12. The molecule has 1 unspecified atom stereocenters. The van der Waals surface area contributed by atoms with Crippen LogP contribution in [-0.2, 0) is 6.42 Å². The number of anilines is 1. The quantitative estimate of drug-likeness (QED) is 0.595. The van der Waals surface area contributed by atoms with Crippen LogP contribution in [0.3, 0.4) is 0 Å². The Morgan fingerprint density at radius 2 is 2.31 bits per heavy atom. The second-order valence-corrected chi connectivity index (χ2v) is 3.46. The smallest absolute Gasteiger partial charge is 0.149 e. The number of hydrogen-bond acceptors (Lipinski definition) is 2. The van der Waals surface area contributed by atoms with Crippen LogP contribution in [-0.4, -0.2) is 6.54 Å². The summed E-state index contributed by atoms with van der Waals surface area (Å²) in [4.78, 5) is 0. The van der Waals surface area contributed by atoms with Crippen LogP contribution in [0, 0.1) is 5.82 Å². The molecule has 0 aliphatic carbocycles. The lowest BCUT2D eigenvalue weighted by atomic mass is 9.94. The second-order valence-electron chi connectivity index (χ2n) is 3.46. The zero-order chi connectivity index (χ0) is 9.42. The van der Waals surface area contributed by atoms with Gasteiger partial charge in [-0.1, -0.05) is 6.07 Å². The standard InChI is InChI=1S/C10H13FN2/c1-6-7-2-3-9(12)10(11)8(7)4-5-13-6/h2-3,6,13H,4-5,12H2,1H3. The predicted octanol–water partition coefficient (Wildman–Crippen LogP) is 1.61. The summed E-state index contributed by atoms with van der Waals surface area (Å²) in [5, 5.41) is 3.28. The van der Waals surface area contributed by atoms with E-state index in [-0.39, 0.29) is 17.5 Å². The van der Waals surface area contributed by atoms with Crippen LogP contribution in [0.15, 0.2) is 12.1 Å². The van der Waals surface area contributed by atoms with Crippen LogP contribution in [0.5, 0.6) is 0 Å². The molecule has 2 rings (SSSR count). The van der Waals surface area contributed by atoms with Crippen LogP contribution in [0.25, 0.3) is 0 Å². The molecule has 1 atom stereocenters. The summed E-state index contributed by atoms with van der Waals surface area (Å²) in [6.45, 7) is 2.86. The van der Waals surface area contributed by atoms with Crippen molar-refractivity contribution in [3.8, 4) is 0 Å². The van der Waals surface area contributed by atoms with Gasteiger partial charge in [0.1, 0.15) is 5.82 Å².